The molecule has 0 amide bonds. The summed E-state index contributed by atoms with van der Waals surface area (Å²) in [5.74, 6) is -0.258. The van der Waals surface area contributed by atoms with Crippen molar-refractivity contribution < 1.29 is 9.53 Å². The average Bonchev–Trinajstić information content (AvgIpc) is 3.27. The molecular formula is C22H23N5O2S. The normalized spacial score (nSPS) is 12.3. The zero-order valence-corrected chi connectivity index (χ0v) is 18.7. The molecule has 0 bridgehead atoms. The van der Waals surface area contributed by atoms with Crippen molar-refractivity contribution in [3.8, 4) is 16.8 Å². The Balaban J connectivity index is 2.20. The van der Waals surface area contributed by atoms with E-state index in [1.165, 1.54) is 11.3 Å². The van der Waals surface area contributed by atoms with Crippen molar-refractivity contribution in [2.45, 2.75) is 34.6 Å². The predicted octanol–water partition coefficient (Wildman–Crippen LogP) is 4.54. The van der Waals surface area contributed by atoms with Crippen LogP contribution in [0.3, 0.4) is 0 Å². The van der Waals surface area contributed by atoms with Crippen molar-refractivity contribution in [3.05, 3.63) is 52.4 Å². The molecule has 0 N–H and O–H groups in total. The van der Waals surface area contributed by atoms with E-state index in [9.17, 15) is 10.1 Å². The van der Waals surface area contributed by atoms with Crippen LogP contribution in [0.15, 0.2) is 29.8 Å². The lowest BCUT2D eigenvalue weighted by Gasteiger charge is -2.19. The van der Waals surface area contributed by atoms with Gasteiger partial charge < -0.3 is 4.74 Å². The summed E-state index contributed by atoms with van der Waals surface area (Å²) in [6.45, 7) is 9.00. The summed E-state index contributed by atoms with van der Waals surface area (Å²) in [4.78, 5) is 21.6. The monoisotopic (exact) mass is 421 g/mol. The number of allylic oxidation sites excluding steroid dienone is 1. The number of hydrogen-bond acceptors (Lipinski definition) is 7. The standard InChI is InChI=1S/C22H23N5O2S/c1-13-18(14(2)27(6)26-13)19(29-21(28)22(3,4)5)15(11-23)17-12-30-20(25-17)16-9-7-8-10-24-16/h7-10,12H,1-6H3/b19-15-. The van der Waals surface area contributed by atoms with Crippen LogP contribution < -0.4 is 0 Å². The second-order valence-electron chi connectivity index (χ2n) is 7.88. The first-order valence-electron chi connectivity index (χ1n) is 9.38. The molecule has 0 unspecified atom stereocenters. The number of hydrogen-bond donors (Lipinski definition) is 0. The SMILES string of the molecule is Cc1nn(C)c(C)c1/C(OC(=O)C(C)(C)C)=C(\C#N)c1csc(-c2ccccn2)n1. The molecule has 3 aromatic rings. The number of rotatable bonds is 4. The van der Waals surface area contributed by atoms with Crippen molar-refractivity contribution in [1.29, 1.82) is 5.26 Å². The Hall–Kier alpha value is -3.31. The van der Waals surface area contributed by atoms with Crippen molar-refractivity contribution in [3.63, 3.8) is 0 Å². The molecule has 0 aliphatic heterocycles. The number of pyridine rings is 1. The van der Waals surface area contributed by atoms with Crippen LogP contribution >= 0.6 is 11.3 Å². The molecule has 3 aromatic heterocycles. The van der Waals surface area contributed by atoms with Gasteiger partial charge in [-0.1, -0.05) is 6.07 Å². The minimum Gasteiger partial charge on any atom is -0.424 e. The van der Waals surface area contributed by atoms with E-state index >= 15 is 0 Å². The first-order chi connectivity index (χ1) is 14.1. The smallest absolute Gasteiger partial charge is 0.316 e. The van der Waals surface area contributed by atoms with Crippen molar-refractivity contribution >= 4 is 28.6 Å². The minimum absolute atomic E-state index is 0.179. The molecule has 3 rings (SSSR count). The van der Waals surface area contributed by atoms with E-state index in [0.29, 0.717) is 27.7 Å². The van der Waals surface area contributed by atoms with Crippen LogP contribution in [0.1, 0.15) is 43.4 Å². The van der Waals surface area contributed by atoms with Crippen LogP contribution in [0, 0.1) is 30.6 Å². The highest BCUT2D eigenvalue weighted by atomic mass is 32.1. The van der Waals surface area contributed by atoms with Crippen molar-refractivity contribution in [2.24, 2.45) is 12.5 Å². The Morgan fingerprint density at radius 3 is 2.53 bits per heavy atom. The fraction of sp³-hybridized carbons (Fsp3) is 0.318. The Morgan fingerprint density at radius 1 is 1.27 bits per heavy atom. The minimum atomic E-state index is -0.739. The van der Waals surface area contributed by atoms with Crippen LogP contribution in [0.5, 0.6) is 0 Å². The van der Waals surface area contributed by atoms with E-state index in [-0.39, 0.29) is 11.3 Å². The third-order valence-electron chi connectivity index (χ3n) is 4.53. The van der Waals surface area contributed by atoms with Gasteiger partial charge in [-0.25, -0.2) is 4.98 Å². The number of nitrogens with zero attached hydrogens (tertiary/aromatic N) is 5. The molecule has 30 heavy (non-hydrogen) atoms. The van der Waals surface area contributed by atoms with Gasteiger partial charge in [-0.3, -0.25) is 14.5 Å². The molecule has 0 fully saturated rings. The van der Waals surface area contributed by atoms with Gasteiger partial charge in [-0.15, -0.1) is 11.3 Å². The summed E-state index contributed by atoms with van der Waals surface area (Å²) < 4.78 is 7.51. The number of thiazole rings is 1. The predicted molar refractivity (Wildman–Crippen MR) is 116 cm³/mol. The molecule has 3 heterocycles. The highest BCUT2D eigenvalue weighted by molar-refractivity contribution is 7.13. The van der Waals surface area contributed by atoms with E-state index in [1.54, 1.807) is 37.0 Å². The van der Waals surface area contributed by atoms with Gasteiger partial charge in [-0.05, 0) is 46.8 Å². The molecule has 154 valence electrons. The largest absolute Gasteiger partial charge is 0.424 e. The molecular weight excluding hydrogens is 398 g/mol. The van der Waals surface area contributed by atoms with Gasteiger partial charge in [0, 0.05) is 24.3 Å². The average molecular weight is 422 g/mol. The Kier molecular flexibility index (Phi) is 5.85. The molecule has 7 nitrogen and oxygen atoms in total. The van der Waals surface area contributed by atoms with Crippen molar-refractivity contribution in [1.82, 2.24) is 19.7 Å². The number of esters is 1. The quantitative estimate of drug-likeness (QED) is 0.349. The van der Waals surface area contributed by atoms with Crippen LogP contribution in [0.4, 0.5) is 0 Å². The first kappa shape index (κ1) is 21.4. The van der Waals surface area contributed by atoms with Gasteiger partial charge in [0.25, 0.3) is 0 Å². The topological polar surface area (TPSA) is 93.7 Å². The third kappa shape index (κ3) is 4.16. The van der Waals surface area contributed by atoms with Crippen molar-refractivity contribution in [2.75, 3.05) is 0 Å². The maximum absolute atomic E-state index is 12.7. The number of aromatic nitrogens is 4. The van der Waals surface area contributed by atoms with Crippen LogP contribution in [0.2, 0.25) is 0 Å². The lowest BCUT2D eigenvalue weighted by atomic mass is 9.97. The molecule has 0 aromatic carbocycles. The summed E-state index contributed by atoms with van der Waals surface area (Å²) in [6, 6.07) is 7.76. The zero-order chi connectivity index (χ0) is 22.1. The van der Waals surface area contributed by atoms with E-state index in [4.69, 9.17) is 4.74 Å². The zero-order valence-electron chi connectivity index (χ0n) is 17.8. The molecule has 0 spiro atoms. The second kappa shape index (κ2) is 8.20. The van der Waals surface area contributed by atoms with E-state index in [0.717, 1.165) is 5.69 Å². The highest BCUT2D eigenvalue weighted by Gasteiger charge is 2.30. The van der Waals surface area contributed by atoms with E-state index < -0.39 is 11.4 Å². The maximum atomic E-state index is 12.7. The second-order valence-corrected chi connectivity index (χ2v) is 8.74. The van der Waals surface area contributed by atoms with Crippen LogP contribution in [-0.2, 0) is 16.6 Å². The summed E-state index contributed by atoms with van der Waals surface area (Å²) in [7, 11) is 1.81. The Bertz CT molecular complexity index is 1160. The molecule has 0 saturated heterocycles. The number of carbonyl (C=O) groups excluding carboxylic acids is 1. The van der Waals surface area contributed by atoms with E-state index in [1.807, 2.05) is 39.1 Å². The fourth-order valence-electron chi connectivity index (χ4n) is 2.79. The number of nitriles is 1. The van der Waals surface area contributed by atoms with Gasteiger partial charge in [0.1, 0.15) is 16.6 Å². The van der Waals surface area contributed by atoms with Gasteiger partial charge in [-0.2, -0.15) is 10.4 Å². The summed E-state index contributed by atoms with van der Waals surface area (Å²) >= 11 is 1.38. The lowest BCUT2D eigenvalue weighted by Crippen LogP contribution is -2.23. The first-order valence-corrected chi connectivity index (χ1v) is 10.3. The summed E-state index contributed by atoms with van der Waals surface area (Å²) in [6.07, 6.45) is 1.69. The molecule has 0 aliphatic rings. The number of ether oxygens (including phenoxy) is 1. The van der Waals surface area contributed by atoms with E-state index in [2.05, 4.69) is 21.1 Å². The van der Waals surface area contributed by atoms with Gasteiger partial charge in [0.15, 0.2) is 5.76 Å². The molecule has 0 aliphatic carbocycles. The Labute approximate surface area is 179 Å². The third-order valence-corrected chi connectivity index (χ3v) is 5.39. The molecule has 8 heteroatoms. The fourth-order valence-corrected chi connectivity index (χ4v) is 3.58. The van der Waals surface area contributed by atoms with Crippen LogP contribution in [0.25, 0.3) is 22.0 Å². The number of carbonyl (C=O) groups is 1. The van der Waals surface area contributed by atoms with Gasteiger partial charge >= 0.3 is 5.97 Å². The number of aryl methyl sites for hydroxylation is 2. The molecule has 0 radical (unpaired) electrons. The molecule has 0 saturated carbocycles. The lowest BCUT2D eigenvalue weighted by molar-refractivity contribution is -0.145. The highest BCUT2D eigenvalue weighted by Crippen LogP contribution is 2.34. The summed E-state index contributed by atoms with van der Waals surface area (Å²) in [5, 5.41) is 16.9. The maximum Gasteiger partial charge on any atom is 0.316 e. The van der Waals surface area contributed by atoms with Gasteiger partial charge in [0.05, 0.1) is 28.1 Å². The molecule has 0 atom stereocenters. The summed E-state index contributed by atoms with van der Waals surface area (Å²) in [5.41, 5.74) is 2.67. The Morgan fingerprint density at radius 2 is 2.00 bits per heavy atom. The van der Waals surface area contributed by atoms with Gasteiger partial charge in [0.2, 0.25) is 0 Å². The van der Waals surface area contributed by atoms with Crippen LogP contribution in [-0.4, -0.2) is 25.7 Å².